The second-order valence-corrected chi connectivity index (χ2v) is 5.03. The summed E-state index contributed by atoms with van der Waals surface area (Å²) in [6.07, 6.45) is 1.67. The summed E-state index contributed by atoms with van der Waals surface area (Å²) in [4.78, 5) is 24.4. The van der Waals surface area contributed by atoms with E-state index in [2.05, 4.69) is 15.9 Å². The van der Waals surface area contributed by atoms with Crippen molar-refractivity contribution in [2.75, 3.05) is 11.4 Å². The lowest BCUT2D eigenvalue weighted by molar-refractivity contribution is -0.118. The van der Waals surface area contributed by atoms with Gasteiger partial charge in [0.2, 0.25) is 5.91 Å². The van der Waals surface area contributed by atoms with Gasteiger partial charge in [0.1, 0.15) is 0 Å². The van der Waals surface area contributed by atoms with Crippen molar-refractivity contribution in [3.8, 4) is 0 Å². The first-order valence-corrected chi connectivity index (χ1v) is 6.30. The van der Waals surface area contributed by atoms with Crippen molar-refractivity contribution in [1.29, 1.82) is 0 Å². The molecular weight excluding hydrogens is 286 g/mol. The summed E-state index contributed by atoms with van der Waals surface area (Å²) in [6, 6.07) is 6.59. The number of hydrogen-bond donors (Lipinski definition) is 1. The van der Waals surface area contributed by atoms with Crippen LogP contribution in [0.15, 0.2) is 24.3 Å². The molecule has 4 nitrogen and oxygen atoms in total. The molecule has 17 heavy (non-hydrogen) atoms. The number of halogens is 1. The first kappa shape index (κ1) is 12.1. The predicted molar refractivity (Wildman–Crippen MR) is 67.7 cm³/mol. The fraction of sp³-hybridized carbons (Fsp3) is 0.333. The first-order valence-electron chi connectivity index (χ1n) is 5.39. The molecule has 1 atom stereocenters. The third kappa shape index (κ3) is 2.34. The normalized spacial score (nSPS) is 20.4. The van der Waals surface area contributed by atoms with Gasteiger partial charge in [-0.15, -0.1) is 0 Å². The van der Waals surface area contributed by atoms with Crippen molar-refractivity contribution in [3.63, 3.8) is 0 Å². The molecule has 5 heteroatoms. The summed E-state index contributed by atoms with van der Waals surface area (Å²) in [5.41, 5.74) is 0.650. The zero-order valence-corrected chi connectivity index (χ0v) is 10.7. The van der Waals surface area contributed by atoms with E-state index in [4.69, 9.17) is 5.11 Å². The highest BCUT2D eigenvalue weighted by Gasteiger charge is 2.29. The fourth-order valence-electron chi connectivity index (χ4n) is 1.96. The Kier molecular flexibility index (Phi) is 3.47. The number of alkyl halides is 1. The second-order valence-electron chi connectivity index (χ2n) is 3.92. The van der Waals surface area contributed by atoms with Crippen molar-refractivity contribution in [3.05, 3.63) is 29.8 Å². The molecule has 0 radical (unpaired) electrons. The van der Waals surface area contributed by atoms with Crippen LogP contribution in [0.3, 0.4) is 0 Å². The molecule has 1 aliphatic heterocycles. The second kappa shape index (κ2) is 4.87. The highest BCUT2D eigenvalue weighted by Crippen LogP contribution is 2.27. The maximum Gasteiger partial charge on any atom is 0.337 e. The molecule has 1 unspecified atom stereocenters. The van der Waals surface area contributed by atoms with Gasteiger partial charge in [-0.2, -0.15) is 0 Å². The smallest absolute Gasteiger partial charge is 0.337 e. The van der Waals surface area contributed by atoms with Crippen LogP contribution < -0.4 is 4.90 Å². The molecule has 1 saturated heterocycles. The molecule has 1 amide bonds. The topological polar surface area (TPSA) is 57.6 Å². The van der Waals surface area contributed by atoms with Gasteiger partial charge in [0.25, 0.3) is 0 Å². The fourth-order valence-corrected chi connectivity index (χ4v) is 2.53. The Hall–Kier alpha value is -1.36. The van der Waals surface area contributed by atoms with Crippen LogP contribution in [0.4, 0.5) is 5.69 Å². The molecule has 0 aliphatic carbocycles. The van der Waals surface area contributed by atoms with Crippen LogP contribution in [0.5, 0.6) is 0 Å². The van der Waals surface area contributed by atoms with E-state index >= 15 is 0 Å². The van der Waals surface area contributed by atoms with Gasteiger partial charge >= 0.3 is 5.97 Å². The standard InChI is InChI=1S/C12H12BrNO3/c13-9-5-3-7-14(11(9)15)10-6-2-1-4-8(10)12(16)17/h1-2,4,6,9H,3,5,7H2,(H,16,17). The molecule has 0 bridgehead atoms. The summed E-state index contributed by atoms with van der Waals surface area (Å²) < 4.78 is 0. The van der Waals surface area contributed by atoms with E-state index in [0.29, 0.717) is 12.2 Å². The summed E-state index contributed by atoms with van der Waals surface area (Å²) in [5.74, 6) is -1.07. The lowest BCUT2D eigenvalue weighted by atomic mass is 10.1. The van der Waals surface area contributed by atoms with Crippen LogP contribution in [0, 0.1) is 0 Å². The number of hydrogen-bond acceptors (Lipinski definition) is 2. The number of nitrogens with zero attached hydrogens (tertiary/aromatic N) is 1. The SMILES string of the molecule is O=C(O)c1ccccc1N1CCCC(Br)C1=O. The summed E-state index contributed by atoms with van der Waals surface area (Å²) in [5, 5.41) is 9.10. The summed E-state index contributed by atoms with van der Waals surface area (Å²) in [6.45, 7) is 0.575. The van der Waals surface area contributed by atoms with Crippen LogP contribution in [-0.2, 0) is 4.79 Å². The minimum atomic E-state index is -1.01. The number of rotatable bonds is 2. The lowest BCUT2D eigenvalue weighted by Crippen LogP contribution is -2.42. The Morgan fingerprint density at radius 2 is 2.12 bits per heavy atom. The molecule has 1 aliphatic rings. The number of carboxylic acids is 1. The molecular formula is C12H12BrNO3. The third-order valence-electron chi connectivity index (χ3n) is 2.80. The van der Waals surface area contributed by atoms with Gasteiger partial charge in [0.05, 0.1) is 16.1 Å². The van der Waals surface area contributed by atoms with E-state index in [1.165, 1.54) is 6.07 Å². The molecule has 1 aromatic carbocycles. The van der Waals surface area contributed by atoms with Gasteiger partial charge < -0.3 is 10.0 Å². The van der Waals surface area contributed by atoms with Crippen molar-refractivity contribution >= 4 is 33.5 Å². The number of aromatic carboxylic acids is 1. The quantitative estimate of drug-likeness (QED) is 0.852. The summed E-state index contributed by atoms with van der Waals surface area (Å²) >= 11 is 3.31. The third-order valence-corrected chi connectivity index (χ3v) is 3.65. The van der Waals surface area contributed by atoms with E-state index in [1.54, 1.807) is 23.1 Å². The molecule has 1 heterocycles. The van der Waals surface area contributed by atoms with Crippen LogP contribution in [0.1, 0.15) is 23.2 Å². The van der Waals surface area contributed by atoms with Gasteiger partial charge in [-0.1, -0.05) is 28.1 Å². The molecule has 90 valence electrons. The van der Waals surface area contributed by atoms with E-state index in [1.807, 2.05) is 0 Å². The van der Waals surface area contributed by atoms with Gasteiger partial charge in [-0.3, -0.25) is 4.79 Å². The number of anilines is 1. The van der Waals surface area contributed by atoms with E-state index in [9.17, 15) is 9.59 Å². The Labute approximate surface area is 107 Å². The van der Waals surface area contributed by atoms with Crippen molar-refractivity contribution in [1.82, 2.24) is 0 Å². The monoisotopic (exact) mass is 297 g/mol. The minimum Gasteiger partial charge on any atom is -0.478 e. The zero-order chi connectivity index (χ0) is 12.4. The largest absolute Gasteiger partial charge is 0.478 e. The highest BCUT2D eigenvalue weighted by molar-refractivity contribution is 9.10. The predicted octanol–water partition coefficient (Wildman–Crippen LogP) is 2.28. The molecule has 1 aromatic rings. The number of para-hydroxylation sites is 1. The number of benzene rings is 1. The minimum absolute atomic E-state index is 0.0649. The molecule has 0 saturated carbocycles. The Morgan fingerprint density at radius 1 is 1.41 bits per heavy atom. The van der Waals surface area contributed by atoms with Gasteiger partial charge in [-0.25, -0.2) is 4.79 Å². The molecule has 1 N–H and O–H groups in total. The van der Waals surface area contributed by atoms with E-state index in [0.717, 1.165) is 12.8 Å². The number of piperidine rings is 1. The van der Waals surface area contributed by atoms with Crippen molar-refractivity contribution in [2.45, 2.75) is 17.7 Å². The Balaban J connectivity index is 2.39. The molecule has 0 aromatic heterocycles. The van der Waals surface area contributed by atoms with Crippen LogP contribution >= 0.6 is 15.9 Å². The molecule has 0 spiro atoms. The highest BCUT2D eigenvalue weighted by atomic mass is 79.9. The van der Waals surface area contributed by atoms with Crippen molar-refractivity contribution in [2.24, 2.45) is 0 Å². The average molecular weight is 298 g/mol. The zero-order valence-electron chi connectivity index (χ0n) is 9.10. The Bertz CT molecular complexity index is 461. The number of carbonyl (C=O) groups is 2. The lowest BCUT2D eigenvalue weighted by Gasteiger charge is -2.30. The van der Waals surface area contributed by atoms with Crippen LogP contribution in [-0.4, -0.2) is 28.4 Å². The maximum atomic E-state index is 12.0. The first-order chi connectivity index (χ1) is 8.11. The van der Waals surface area contributed by atoms with Gasteiger partial charge in [-0.05, 0) is 25.0 Å². The Morgan fingerprint density at radius 3 is 2.82 bits per heavy atom. The van der Waals surface area contributed by atoms with Crippen LogP contribution in [0.25, 0.3) is 0 Å². The van der Waals surface area contributed by atoms with Gasteiger partial charge in [0, 0.05) is 6.54 Å². The average Bonchev–Trinajstić information content (AvgIpc) is 2.33. The maximum absolute atomic E-state index is 12.0. The van der Waals surface area contributed by atoms with E-state index in [-0.39, 0.29) is 16.3 Å². The number of amides is 1. The van der Waals surface area contributed by atoms with Crippen molar-refractivity contribution < 1.29 is 14.7 Å². The molecule has 1 fully saturated rings. The summed E-state index contributed by atoms with van der Waals surface area (Å²) in [7, 11) is 0. The molecule has 2 rings (SSSR count). The van der Waals surface area contributed by atoms with Gasteiger partial charge in [0.15, 0.2) is 0 Å². The number of carboxylic acid groups (broad SMARTS) is 1. The number of carbonyl (C=O) groups excluding carboxylic acids is 1. The van der Waals surface area contributed by atoms with E-state index < -0.39 is 5.97 Å². The van der Waals surface area contributed by atoms with Crippen LogP contribution in [0.2, 0.25) is 0 Å².